The molecule has 0 aliphatic carbocycles. The lowest BCUT2D eigenvalue weighted by Gasteiger charge is -2.19. The van der Waals surface area contributed by atoms with Crippen LogP contribution in [-0.4, -0.2) is 31.4 Å². The Morgan fingerprint density at radius 3 is 3.00 bits per heavy atom. The molecule has 1 atom stereocenters. The number of carbonyl (C=O) groups is 2. The van der Waals surface area contributed by atoms with Crippen LogP contribution in [0.15, 0.2) is 35.7 Å². The lowest BCUT2D eigenvalue weighted by atomic mass is 10.1. The summed E-state index contributed by atoms with van der Waals surface area (Å²) in [5.41, 5.74) is 2.19. The predicted molar refractivity (Wildman–Crippen MR) is 97.9 cm³/mol. The summed E-state index contributed by atoms with van der Waals surface area (Å²) in [4.78, 5) is 27.5. The minimum atomic E-state index is -0.122. The number of nitrogens with one attached hydrogen (secondary N) is 2. The van der Waals surface area contributed by atoms with Crippen molar-refractivity contribution < 1.29 is 9.59 Å². The molecule has 0 fully saturated rings. The van der Waals surface area contributed by atoms with E-state index in [0.29, 0.717) is 24.2 Å². The third kappa shape index (κ3) is 3.76. The van der Waals surface area contributed by atoms with Gasteiger partial charge in [-0.3, -0.25) is 9.59 Å². The van der Waals surface area contributed by atoms with E-state index < -0.39 is 0 Å². The molecule has 2 N–H and O–H groups in total. The van der Waals surface area contributed by atoms with Gasteiger partial charge in [0.1, 0.15) is 0 Å². The van der Waals surface area contributed by atoms with Crippen LogP contribution in [0.25, 0.3) is 0 Å². The zero-order valence-electron chi connectivity index (χ0n) is 13.8. The van der Waals surface area contributed by atoms with Gasteiger partial charge in [-0.25, -0.2) is 0 Å². The van der Waals surface area contributed by atoms with Gasteiger partial charge in [0.05, 0.1) is 11.4 Å². The number of thiophene rings is 1. The molecule has 2 aromatic rings. The molecule has 6 heteroatoms. The Morgan fingerprint density at radius 2 is 2.25 bits per heavy atom. The van der Waals surface area contributed by atoms with Crippen molar-refractivity contribution in [2.24, 2.45) is 0 Å². The first-order valence-electron chi connectivity index (χ1n) is 8.01. The van der Waals surface area contributed by atoms with Crippen molar-refractivity contribution in [3.05, 3.63) is 46.2 Å². The maximum absolute atomic E-state index is 12.5. The molecule has 24 heavy (non-hydrogen) atoms. The van der Waals surface area contributed by atoms with Crippen molar-refractivity contribution in [3.8, 4) is 0 Å². The standard InChI is InChI=1S/C18H21N3O2S/c1-12(10-14-4-3-9-24-14)19-18(23)13-5-6-16-15(11-13)20-17(22)7-8-21(16)2/h3-6,9,11-12H,7-8,10H2,1-2H3,(H,19,23)(H,20,22)/t12-/m1/s1. The zero-order chi connectivity index (χ0) is 17.1. The van der Waals surface area contributed by atoms with Crippen LogP contribution >= 0.6 is 11.3 Å². The molecule has 5 nitrogen and oxygen atoms in total. The van der Waals surface area contributed by atoms with Crippen LogP contribution in [0.3, 0.4) is 0 Å². The second-order valence-corrected chi connectivity index (χ2v) is 7.14. The van der Waals surface area contributed by atoms with Crippen LogP contribution in [0.4, 0.5) is 11.4 Å². The molecule has 0 bridgehead atoms. The highest BCUT2D eigenvalue weighted by Gasteiger charge is 2.19. The number of amides is 2. The Hall–Kier alpha value is -2.34. The minimum absolute atomic E-state index is 0.0239. The van der Waals surface area contributed by atoms with E-state index in [1.165, 1.54) is 4.88 Å². The van der Waals surface area contributed by atoms with Gasteiger partial charge >= 0.3 is 0 Å². The summed E-state index contributed by atoms with van der Waals surface area (Å²) in [6.07, 6.45) is 1.26. The number of carbonyl (C=O) groups excluding carboxylic acids is 2. The van der Waals surface area contributed by atoms with Gasteiger partial charge in [-0.15, -0.1) is 11.3 Å². The largest absolute Gasteiger partial charge is 0.372 e. The fourth-order valence-corrected chi connectivity index (χ4v) is 3.64. The topological polar surface area (TPSA) is 61.4 Å². The molecule has 1 aliphatic heterocycles. The fraction of sp³-hybridized carbons (Fsp3) is 0.333. The van der Waals surface area contributed by atoms with E-state index in [9.17, 15) is 9.59 Å². The normalized spacial score (nSPS) is 15.2. The predicted octanol–water partition coefficient (Wildman–Crippen LogP) is 2.89. The van der Waals surface area contributed by atoms with Gasteiger partial charge in [0, 0.05) is 42.9 Å². The molecule has 0 saturated heterocycles. The number of benzene rings is 1. The Labute approximate surface area is 145 Å². The Bertz CT molecular complexity index is 743. The number of anilines is 2. The smallest absolute Gasteiger partial charge is 0.251 e. The van der Waals surface area contributed by atoms with Crippen LogP contribution in [-0.2, 0) is 11.2 Å². The summed E-state index contributed by atoms with van der Waals surface area (Å²) in [6, 6.07) is 9.58. The molecule has 3 rings (SSSR count). The van der Waals surface area contributed by atoms with E-state index in [0.717, 1.165) is 12.1 Å². The molecular weight excluding hydrogens is 322 g/mol. The van der Waals surface area contributed by atoms with E-state index in [-0.39, 0.29) is 17.9 Å². The third-order valence-corrected chi connectivity index (χ3v) is 4.98. The monoisotopic (exact) mass is 343 g/mol. The number of hydrogen-bond donors (Lipinski definition) is 2. The molecule has 126 valence electrons. The minimum Gasteiger partial charge on any atom is -0.372 e. The summed E-state index contributed by atoms with van der Waals surface area (Å²) < 4.78 is 0. The Balaban J connectivity index is 1.72. The third-order valence-electron chi connectivity index (χ3n) is 4.08. The molecule has 1 aromatic carbocycles. The van der Waals surface area contributed by atoms with Gasteiger partial charge in [0.15, 0.2) is 0 Å². The fourth-order valence-electron chi connectivity index (χ4n) is 2.80. The molecule has 2 heterocycles. The van der Waals surface area contributed by atoms with Gasteiger partial charge in [0.2, 0.25) is 5.91 Å². The molecule has 0 radical (unpaired) electrons. The number of hydrogen-bond acceptors (Lipinski definition) is 4. The first-order valence-corrected chi connectivity index (χ1v) is 8.89. The number of fused-ring (bicyclic) bond motifs is 1. The van der Waals surface area contributed by atoms with E-state index in [1.54, 1.807) is 23.5 Å². The van der Waals surface area contributed by atoms with E-state index in [2.05, 4.69) is 16.7 Å². The van der Waals surface area contributed by atoms with Gasteiger partial charge in [-0.05, 0) is 36.6 Å². The van der Waals surface area contributed by atoms with Crippen molar-refractivity contribution in [2.45, 2.75) is 25.8 Å². The van der Waals surface area contributed by atoms with Crippen LogP contribution in [0.5, 0.6) is 0 Å². The summed E-state index contributed by atoms with van der Waals surface area (Å²) >= 11 is 1.69. The van der Waals surface area contributed by atoms with Crippen LogP contribution in [0.1, 0.15) is 28.6 Å². The number of rotatable bonds is 4. The highest BCUT2D eigenvalue weighted by molar-refractivity contribution is 7.09. The van der Waals surface area contributed by atoms with E-state index in [4.69, 9.17) is 0 Å². The van der Waals surface area contributed by atoms with Crippen LogP contribution in [0.2, 0.25) is 0 Å². The van der Waals surface area contributed by atoms with Crippen molar-refractivity contribution in [1.82, 2.24) is 5.32 Å². The Kier molecular flexibility index (Phi) is 4.85. The first kappa shape index (κ1) is 16.5. The summed E-state index contributed by atoms with van der Waals surface area (Å²) in [5.74, 6) is -0.146. The molecule has 0 spiro atoms. The lowest BCUT2D eigenvalue weighted by Crippen LogP contribution is -2.34. The lowest BCUT2D eigenvalue weighted by molar-refractivity contribution is -0.115. The van der Waals surface area contributed by atoms with E-state index >= 15 is 0 Å². The molecule has 0 unspecified atom stereocenters. The van der Waals surface area contributed by atoms with E-state index in [1.807, 2.05) is 36.4 Å². The van der Waals surface area contributed by atoms with Crippen molar-refractivity contribution in [2.75, 3.05) is 23.8 Å². The highest BCUT2D eigenvalue weighted by atomic mass is 32.1. The summed E-state index contributed by atoms with van der Waals surface area (Å²) in [6.45, 7) is 2.67. The van der Waals surface area contributed by atoms with Gasteiger partial charge in [0.25, 0.3) is 5.91 Å². The second-order valence-electron chi connectivity index (χ2n) is 6.11. The quantitative estimate of drug-likeness (QED) is 0.897. The summed E-state index contributed by atoms with van der Waals surface area (Å²) in [7, 11) is 1.95. The molecule has 2 amide bonds. The maximum atomic E-state index is 12.5. The molecule has 1 aromatic heterocycles. The highest BCUT2D eigenvalue weighted by Crippen LogP contribution is 2.28. The zero-order valence-corrected chi connectivity index (χ0v) is 14.7. The maximum Gasteiger partial charge on any atom is 0.251 e. The van der Waals surface area contributed by atoms with Crippen LogP contribution < -0.4 is 15.5 Å². The molecule has 0 saturated carbocycles. The van der Waals surface area contributed by atoms with Crippen molar-refractivity contribution >= 4 is 34.5 Å². The summed E-state index contributed by atoms with van der Waals surface area (Å²) in [5, 5.41) is 7.94. The average Bonchev–Trinajstić information content (AvgIpc) is 3.00. The van der Waals surface area contributed by atoms with Gasteiger partial charge in [-0.2, -0.15) is 0 Å². The van der Waals surface area contributed by atoms with Gasteiger partial charge < -0.3 is 15.5 Å². The van der Waals surface area contributed by atoms with Crippen LogP contribution in [0, 0.1) is 0 Å². The first-order chi connectivity index (χ1) is 11.5. The molecule has 1 aliphatic rings. The second kappa shape index (κ2) is 7.05. The Morgan fingerprint density at radius 1 is 1.42 bits per heavy atom. The van der Waals surface area contributed by atoms with Crippen molar-refractivity contribution in [1.29, 1.82) is 0 Å². The average molecular weight is 343 g/mol. The number of nitrogens with zero attached hydrogens (tertiary/aromatic N) is 1. The van der Waals surface area contributed by atoms with Gasteiger partial charge in [-0.1, -0.05) is 6.07 Å². The van der Waals surface area contributed by atoms with Crippen molar-refractivity contribution in [3.63, 3.8) is 0 Å². The molecular formula is C18H21N3O2S. The SMILES string of the molecule is C[C@H](Cc1cccs1)NC(=O)c1ccc2c(c1)NC(=O)CCN2C.